The predicted octanol–water partition coefficient (Wildman–Crippen LogP) is 4.97. The first-order valence-electron chi connectivity index (χ1n) is 10.0. The van der Waals surface area contributed by atoms with Gasteiger partial charge in [0.05, 0.1) is 6.61 Å². The number of fused-ring (bicyclic) bond motifs is 1. The molecule has 0 aliphatic carbocycles. The van der Waals surface area contributed by atoms with Crippen molar-refractivity contribution >= 4 is 38.3 Å². The number of anilines is 1. The first kappa shape index (κ1) is 21.0. The molecule has 0 N–H and O–H groups in total. The van der Waals surface area contributed by atoms with E-state index in [1.165, 1.54) is 0 Å². The molecule has 8 heteroatoms. The number of hydrogen-bond donors (Lipinski definition) is 0. The summed E-state index contributed by atoms with van der Waals surface area (Å²) in [6.07, 6.45) is 5.16. The highest BCUT2D eigenvalue weighted by atomic mass is 35.5. The Morgan fingerprint density at radius 3 is 2.63 bits per heavy atom. The van der Waals surface area contributed by atoms with Gasteiger partial charge in [-0.1, -0.05) is 30.2 Å². The van der Waals surface area contributed by atoms with Crippen LogP contribution in [0.2, 0.25) is 5.15 Å². The molecule has 1 saturated heterocycles. The Hall–Kier alpha value is -2.22. The number of hydrogen-bond acceptors (Lipinski definition) is 6. The third-order valence-corrected chi connectivity index (χ3v) is 7.03. The standard InChI is InChI=1S/C22H24ClN3O3S/c1-4-9-29-30(27,28)20-6-5-14(2)10-17(20)18-12-25-22(26-8-7-15(26)3)19-13-24-21(23)11-16(18)19/h5-6,10-13,15H,4,7-9H2,1-3H3. The van der Waals surface area contributed by atoms with Gasteiger partial charge in [0.2, 0.25) is 0 Å². The second-order valence-corrected chi connectivity index (χ2v) is 9.63. The molecule has 1 aliphatic rings. The molecule has 30 heavy (non-hydrogen) atoms. The molecule has 6 nitrogen and oxygen atoms in total. The third-order valence-electron chi connectivity index (χ3n) is 5.45. The van der Waals surface area contributed by atoms with Gasteiger partial charge in [0.25, 0.3) is 10.1 Å². The third kappa shape index (κ3) is 3.77. The predicted molar refractivity (Wildman–Crippen MR) is 120 cm³/mol. The Balaban J connectivity index is 1.96. The van der Waals surface area contributed by atoms with E-state index in [1.807, 2.05) is 19.9 Å². The minimum atomic E-state index is -3.91. The maximum atomic E-state index is 12.9. The van der Waals surface area contributed by atoms with E-state index in [2.05, 4.69) is 16.8 Å². The molecule has 0 amide bonds. The summed E-state index contributed by atoms with van der Waals surface area (Å²) in [5.74, 6) is 0.843. The fourth-order valence-corrected chi connectivity index (χ4v) is 5.04. The highest BCUT2D eigenvalue weighted by molar-refractivity contribution is 7.87. The van der Waals surface area contributed by atoms with Gasteiger partial charge in [-0.25, -0.2) is 9.97 Å². The molecule has 1 atom stereocenters. The van der Waals surface area contributed by atoms with E-state index >= 15 is 0 Å². The molecule has 4 rings (SSSR count). The molecule has 0 spiro atoms. The SMILES string of the molecule is CCCOS(=O)(=O)c1ccc(C)cc1-c1cnc(N2CCC2C)c2cnc(Cl)cc12. The van der Waals surface area contributed by atoms with Crippen molar-refractivity contribution in [2.75, 3.05) is 18.1 Å². The largest absolute Gasteiger partial charge is 0.353 e. The highest BCUT2D eigenvalue weighted by Crippen LogP contribution is 2.39. The Morgan fingerprint density at radius 1 is 1.17 bits per heavy atom. The van der Waals surface area contributed by atoms with E-state index in [4.69, 9.17) is 20.8 Å². The van der Waals surface area contributed by atoms with E-state index in [0.717, 1.165) is 35.1 Å². The molecule has 1 unspecified atom stereocenters. The molecule has 1 aliphatic heterocycles. The summed E-state index contributed by atoms with van der Waals surface area (Å²) < 4.78 is 31.0. The van der Waals surface area contributed by atoms with Gasteiger partial charge in [-0.3, -0.25) is 4.18 Å². The number of rotatable bonds is 6. The molecule has 2 aromatic heterocycles. The van der Waals surface area contributed by atoms with Crippen molar-refractivity contribution in [3.8, 4) is 11.1 Å². The van der Waals surface area contributed by atoms with Gasteiger partial charge in [0.1, 0.15) is 15.9 Å². The lowest BCUT2D eigenvalue weighted by Crippen LogP contribution is -2.46. The summed E-state index contributed by atoms with van der Waals surface area (Å²) >= 11 is 6.23. The normalized spacial score (nSPS) is 16.7. The van der Waals surface area contributed by atoms with Crippen molar-refractivity contribution in [2.24, 2.45) is 0 Å². The molecular formula is C22H24ClN3O3S. The van der Waals surface area contributed by atoms with Crippen molar-refractivity contribution in [1.29, 1.82) is 0 Å². The monoisotopic (exact) mass is 445 g/mol. The molecule has 1 fully saturated rings. The van der Waals surface area contributed by atoms with E-state index in [0.29, 0.717) is 28.7 Å². The molecule has 3 aromatic rings. The van der Waals surface area contributed by atoms with Gasteiger partial charge in [0.15, 0.2) is 0 Å². The van der Waals surface area contributed by atoms with Crippen LogP contribution in [-0.4, -0.2) is 37.6 Å². The lowest BCUT2D eigenvalue weighted by atomic mass is 9.98. The maximum absolute atomic E-state index is 12.9. The van der Waals surface area contributed by atoms with Crippen molar-refractivity contribution in [3.05, 3.63) is 47.4 Å². The zero-order valence-electron chi connectivity index (χ0n) is 17.2. The van der Waals surface area contributed by atoms with E-state index < -0.39 is 10.1 Å². The fourth-order valence-electron chi connectivity index (χ4n) is 3.70. The van der Waals surface area contributed by atoms with E-state index in [-0.39, 0.29) is 11.5 Å². The lowest BCUT2D eigenvalue weighted by Gasteiger charge is -2.40. The van der Waals surface area contributed by atoms with Gasteiger partial charge in [0, 0.05) is 41.5 Å². The zero-order valence-corrected chi connectivity index (χ0v) is 18.8. The number of halogens is 1. The summed E-state index contributed by atoms with van der Waals surface area (Å²) in [4.78, 5) is 11.3. The smallest absolute Gasteiger partial charge is 0.297 e. The van der Waals surface area contributed by atoms with Crippen LogP contribution in [0.25, 0.3) is 21.9 Å². The van der Waals surface area contributed by atoms with Crippen LogP contribution in [0.15, 0.2) is 41.6 Å². The van der Waals surface area contributed by atoms with Crippen molar-refractivity contribution in [1.82, 2.24) is 9.97 Å². The van der Waals surface area contributed by atoms with Gasteiger partial charge in [-0.15, -0.1) is 0 Å². The van der Waals surface area contributed by atoms with E-state index in [1.54, 1.807) is 30.6 Å². The number of nitrogens with zero attached hydrogens (tertiary/aromatic N) is 3. The second-order valence-electron chi connectivity index (χ2n) is 7.65. The molecule has 0 saturated carbocycles. The minimum Gasteiger partial charge on any atom is -0.353 e. The van der Waals surface area contributed by atoms with Crippen molar-refractivity contribution < 1.29 is 12.6 Å². The zero-order chi connectivity index (χ0) is 21.5. The first-order valence-corrected chi connectivity index (χ1v) is 11.8. The van der Waals surface area contributed by atoms with Crippen molar-refractivity contribution in [2.45, 2.75) is 44.6 Å². The Bertz CT molecular complexity index is 1210. The maximum Gasteiger partial charge on any atom is 0.297 e. The van der Waals surface area contributed by atoms with Crippen LogP contribution in [0, 0.1) is 6.92 Å². The van der Waals surface area contributed by atoms with Crippen LogP contribution in [0.3, 0.4) is 0 Å². The first-order chi connectivity index (χ1) is 14.3. The van der Waals surface area contributed by atoms with E-state index in [9.17, 15) is 8.42 Å². The highest BCUT2D eigenvalue weighted by Gasteiger charge is 2.28. The summed E-state index contributed by atoms with van der Waals surface area (Å²) in [5, 5.41) is 2.01. The van der Waals surface area contributed by atoms with Crippen LogP contribution in [0.5, 0.6) is 0 Å². The van der Waals surface area contributed by atoms with Crippen LogP contribution < -0.4 is 4.90 Å². The number of pyridine rings is 2. The Kier molecular flexibility index (Phi) is 5.70. The number of benzene rings is 1. The number of aryl methyl sites for hydroxylation is 1. The van der Waals surface area contributed by atoms with Gasteiger partial charge in [-0.05, 0) is 50.3 Å². The van der Waals surface area contributed by atoms with Crippen LogP contribution in [0.4, 0.5) is 5.82 Å². The average molecular weight is 446 g/mol. The van der Waals surface area contributed by atoms with Crippen molar-refractivity contribution in [3.63, 3.8) is 0 Å². The van der Waals surface area contributed by atoms with Crippen LogP contribution in [-0.2, 0) is 14.3 Å². The molecular weight excluding hydrogens is 422 g/mol. The molecule has 1 aromatic carbocycles. The molecule has 0 bridgehead atoms. The van der Waals surface area contributed by atoms with Crippen LogP contribution >= 0.6 is 11.6 Å². The van der Waals surface area contributed by atoms with Crippen LogP contribution in [0.1, 0.15) is 32.3 Å². The van der Waals surface area contributed by atoms with Gasteiger partial charge < -0.3 is 4.90 Å². The quantitative estimate of drug-likeness (QED) is 0.394. The molecule has 3 heterocycles. The molecule has 0 radical (unpaired) electrons. The minimum absolute atomic E-state index is 0.127. The summed E-state index contributed by atoms with van der Waals surface area (Å²) in [5.41, 5.74) is 2.18. The molecule has 158 valence electrons. The summed E-state index contributed by atoms with van der Waals surface area (Å²) in [6, 6.07) is 7.38. The number of aromatic nitrogens is 2. The lowest BCUT2D eigenvalue weighted by molar-refractivity contribution is 0.318. The van der Waals surface area contributed by atoms with Gasteiger partial charge in [-0.2, -0.15) is 8.42 Å². The second kappa shape index (κ2) is 8.13. The van der Waals surface area contributed by atoms with Gasteiger partial charge >= 0.3 is 0 Å². The average Bonchev–Trinajstić information content (AvgIpc) is 2.71. The Labute approximate surface area is 182 Å². The topological polar surface area (TPSA) is 72.4 Å². The summed E-state index contributed by atoms with van der Waals surface area (Å²) in [7, 11) is -3.91. The Morgan fingerprint density at radius 2 is 1.97 bits per heavy atom. The fraction of sp³-hybridized carbons (Fsp3) is 0.364. The summed E-state index contributed by atoms with van der Waals surface area (Å²) in [6.45, 7) is 7.02.